The lowest BCUT2D eigenvalue weighted by Crippen LogP contribution is -1.92. The third kappa shape index (κ3) is 3.41. The van der Waals surface area contributed by atoms with E-state index in [0.717, 1.165) is 21.9 Å². The lowest BCUT2D eigenvalue weighted by atomic mass is 10.0. The number of nitro benzene ring substituents is 1. The first-order chi connectivity index (χ1) is 11.4. The number of aromatic nitrogens is 1. The van der Waals surface area contributed by atoms with Gasteiger partial charge in [0, 0.05) is 23.3 Å². The zero-order valence-electron chi connectivity index (χ0n) is 13.9. The van der Waals surface area contributed by atoms with Gasteiger partial charge >= 0.3 is 0 Å². The topological polar surface area (TPSA) is 56.0 Å². The summed E-state index contributed by atoms with van der Waals surface area (Å²) in [6.45, 7) is 6.30. The molecular formula is C19H18N2O2S. The molecule has 0 saturated carbocycles. The Kier molecular flexibility index (Phi) is 4.53. The van der Waals surface area contributed by atoms with Crippen molar-refractivity contribution < 1.29 is 4.92 Å². The van der Waals surface area contributed by atoms with Gasteiger partial charge in [-0.15, -0.1) is 11.8 Å². The van der Waals surface area contributed by atoms with E-state index in [1.54, 1.807) is 36.0 Å². The smallest absolute Gasteiger partial charge is 0.258 e. The molecule has 4 nitrogen and oxygen atoms in total. The molecule has 0 saturated heterocycles. The SMILES string of the molecule is Cc1cc(C)c2nc(SCc3ccc([N+](=O)[O-])cc3)cc(C)c2c1. The number of benzene rings is 2. The highest BCUT2D eigenvalue weighted by atomic mass is 32.2. The van der Waals surface area contributed by atoms with E-state index in [0.29, 0.717) is 0 Å². The fraction of sp³-hybridized carbons (Fsp3) is 0.211. The minimum absolute atomic E-state index is 0.120. The van der Waals surface area contributed by atoms with Crippen LogP contribution in [0.25, 0.3) is 10.9 Å². The van der Waals surface area contributed by atoms with Crippen molar-refractivity contribution in [3.8, 4) is 0 Å². The largest absolute Gasteiger partial charge is 0.269 e. The molecular weight excluding hydrogens is 320 g/mol. The molecule has 0 aliphatic rings. The maximum atomic E-state index is 10.7. The average molecular weight is 338 g/mol. The number of fused-ring (bicyclic) bond motifs is 1. The second-order valence-electron chi connectivity index (χ2n) is 5.97. The Balaban J connectivity index is 1.84. The number of pyridine rings is 1. The van der Waals surface area contributed by atoms with Gasteiger partial charge in [0.1, 0.15) is 0 Å². The molecule has 0 aliphatic heterocycles. The Morgan fingerprint density at radius 2 is 1.75 bits per heavy atom. The minimum atomic E-state index is -0.379. The molecule has 0 N–H and O–H groups in total. The second-order valence-corrected chi connectivity index (χ2v) is 6.96. The maximum Gasteiger partial charge on any atom is 0.269 e. The molecule has 24 heavy (non-hydrogen) atoms. The van der Waals surface area contributed by atoms with E-state index in [-0.39, 0.29) is 10.6 Å². The van der Waals surface area contributed by atoms with E-state index in [1.165, 1.54) is 22.1 Å². The van der Waals surface area contributed by atoms with Gasteiger partial charge in [0.25, 0.3) is 5.69 Å². The first-order valence-electron chi connectivity index (χ1n) is 7.69. The fourth-order valence-corrected chi connectivity index (χ4v) is 3.68. The Hall–Kier alpha value is -2.40. The summed E-state index contributed by atoms with van der Waals surface area (Å²) in [5.41, 5.74) is 5.87. The molecule has 2 aromatic carbocycles. The highest BCUT2D eigenvalue weighted by Gasteiger charge is 2.08. The predicted molar refractivity (Wildman–Crippen MR) is 98.6 cm³/mol. The van der Waals surface area contributed by atoms with Crippen LogP contribution in [0.5, 0.6) is 0 Å². The second kappa shape index (κ2) is 6.61. The third-order valence-corrected chi connectivity index (χ3v) is 4.95. The highest BCUT2D eigenvalue weighted by molar-refractivity contribution is 7.98. The van der Waals surface area contributed by atoms with Gasteiger partial charge in [0.05, 0.1) is 15.5 Å². The number of non-ortho nitro benzene ring substituents is 1. The van der Waals surface area contributed by atoms with E-state index >= 15 is 0 Å². The Morgan fingerprint density at radius 1 is 1.04 bits per heavy atom. The molecule has 0 spiro atoms. The van der Waals surface area contributed by atoms with Crippen LogP contribution in [0.3, 0.4) is 0 Å². The first kappa shape index (κ1) is 16.5. The van der Waals surface area contributed by atoms with Gasteiger partial charge in [-0.3, -0.25) is 10.1 Å². The zero-order valence-corrected chi connectivity index (χ0v) is 14.7. The number of thioether (sulfide) groups is 1. The van der Waals surface area contributed by atoms with Gasteiger partial charge in [-0.1, -0.05) is 23.8 Å². The molecule has 1 heterocycles. The average Bonchev–Trinajstić information content (AvgIpc) is 2.54. The molecule has 3 aromatic rings. The summed E-state index contributed by atoms with van der Waals surface area (Å²) in [5.74, 6) is 0.737. The molecule has 0 radical (unpaired) electrons. The summed E-state index contributed by atoms with van der Waals surface area (Å²) < 4.78 is 0. The summed E-state index contributed by atoms with van der Waals surface area (Å²) in [4.78, 5) is 15.1. The van der Waals surface area contributed by atoms with Crippen LogP contribution < -0.4 is 0 Å². The molecule has 122 valence electrons. The van der Waals surface area contributed by atoms with Gasteiger partial charge in [-0.2, -0.15) is 0 Å². The van der Waals surface area contributed by atoms with E-state index < -0.39 is 0 Å². The van der Waals surface area contributed by atoms with Crippen LogP contribution in [-0.2, 0) is 5.75 Å². The van der Waals surface area contributed by atoms with Crippen LogP contribution in [-0.4, -0.2) is 9.91 Å². The summed E-state index contributed by atoms with van der Waals surface area (Å²) in [5, 5.41) is 12.9. The van der Waals surface area contributed by atoms with Crippen molar-refractivity contribution in [2.45, 2.75) is 31.6 Å². The van der Waals surface area contributed by atoms with E-state index in [4.69, 9.17) is 4.98 Å². The molecule has 0 fully saturated rings. The zero-order chi connectivity index (χ0) is 17.3. The molecule has 0 bridgehead atoms. The summed E-state index contributed by atoms with van der Waals surface area (Å²) in [6.07, 6.45) is 0. The number of rotatable bonds is 4. The van der Waals surface area contributed by atoms with E-state index in [1.807, 2.05) is 0 Å². The van der Waals surface area contributed by atoms with Crippen molar-refractivity contribution in [3.05, 3.63) is 74.8 Å². The number of nitro groups is 1. The maximum absolute atomic E-state index is 10.7. The van der Waals surface area contributed by atoms with Crippen molar-refractivity contribution in [2.75, 3.05) is 0 Å². The Bertz CT molecular complexity index is 921. The Labute approximate surface area is 145 Å². The van der Waals surface area contributed by atoms with Crippen LogP contribution in [0.1, 0.15) is 22.3 Å². The number of hydrogen-bond donors (Lipinski definition) is 0. The van der Waals surface area contributed by atoms with Gasteiger partial charge in [0.15, 0.2) is 0 Å². The first-order valence-corrected chi connectivity index (χ1v) is 8.67. The van der Waals surface area contributed by atoms with Crippen molar-refractivity contribution in [1.82, 2.24) is 4.98 Å². The highest BCUT2D eigenvalue weighted by Crippen LogP contribution is 2.29. The normalized spacial score (nSPS) is 11.0. The molecule has 0 unspecified atom stereocenters. The van der Waals surface area contributed by atoms with Gasteiger partial charge in [-0.05, 0) is 49.6 Å². The van der Waals surface area contributed by atoms with Crippen LogP contribution in [0.15, 0.2) is 47.5 Å². The molecule has 1 aromatic heterocycles. The lowest BCUT2D eigenvalue weighted by molar-refractivity contribution is -0.384. The molecule has 0 amide bonds. The van der Waals surface area contributed by atoms with Crippen molar-refractivity contribution in [3.63, 3.8) is 0 Å². The Morgan fingerprint density at radius 3 is 2.42 bits per heavy atom. The molecule has 0 aliphatic carbocycles. The third-order valence-electron chi connectivity index (χ3n) is 3.97. The fourth-order valence-electron chi connectivity index (χ4n) is 2.76. The van der Waals surface area contributed by atoms with Crippen molar-refractivity contribution >= 4 is 28.4 Å². The summed E-state index contributed by atoms with van der Waals surface area (Å²) in [6, 6.07) is 13.1. The summed E-state index contributed by atoms with van der Waals surface area (Å²) in [7, 11) is 0. The lowest BCUT2D eigenvalue weighted by Gasteiger charge is -2.09. The van der Waals surface area contributed by atoms with Crippen molar-refractivity contribution in [1.29, 1.82) is 0 Å². The van der Waals surface area contributed by atoms with Crippen LogP contribution >= 0.6 is 11.8 Å². The number of aryl methyl sites for hydroxylation is 3. The van der Waals surface area contributed by atoms with E-state index in [2.05, 4.69) is 39.0 Å². The monoisotopic (exact) mass is 338 g/mol. The molecule has 0 atom stereocenters. The van der Waals surface area contributed by atoms with Gasteiger partial charge in [-0.25, -0.2) is 4.98 Å². The quantitative estimate of drug-likeness (QED) is 0.365. The van der Waals surface area contributed by atoms with Gasteiger partial charge < -0.3 is 0 Å². The van der Waals surface area contributed by atoms with E-state index in [9.17, 15) is 10.1 Å². The predicted octanol–water partition coefficient (Wildman–Crippen LogP) is 5.36. The summed E-state index contributed by atoms with van der Waals surface area (Å²) >= 11 is 1.65. The molecule has 3 rings (SSSR count). The van der Waals surface area contributed by atoms with Crippen LogP contribution in [0.4, 0.5) is 5.69 Å². The molecule has 5 heteroatoms. The van der Waals surface area contributed by atoms with Crippen LogP contribution in [0.2, 0.25) is 0 Å². The minimum Gasteiger partial charge on any atom is -0.258 e. The van der Waals surface area contributed by atoms with Crippen LogP contribution in [0, 0.1) is 30.9 Å². The standard InChI is InChI=1S/C19H18N2O2S/c1-12-8-14(3)19-17(9-12)13(2)10-18(20-19)24-11-15-4-6-16(7-5-15)21(22)23/h4-10H,11H2,1-3H3. The number of nitrogens with zero attached hydrogens (tertiary/aromatic N) is 2. The van der Waals surface area contributed by atoms with Gasteiger partial charge in [0.2, 0.25) is 0 Å². The van der Waals surface area contributed by atoms with Crippen molar-refractivity contribution in [2.24, 2.45) is 0 Å². The number of hydrogen-bond acceptors (Lipinski definition) is 4.